The SMILES string of the molecule is O=C(Nc1cccc(F)c1)N1CCN(c2cc(N3CCCCC3)ncn2)CC1. The molecule has 8 heteroatoms. The highest BCUT2D eigenvalue weighted by Crippen LogP contribution is 2.22. The Labute approximate surface area is 164 Å². The number of anilines is 3. The highest BCUT2D eigenvalue weighted by Gasteiger charge is 2.23. The highest BCUT2D eigenvalue weighted by atomic mass is 19.1. The lowest BCUT2D eigenvalue weighted by atomic mass is 10.1. The summed E-state index contributed by atoms with van der Waals surface area (Å²) in [5.74, 6) is 1.52. The van der Waals surface area contributed by atoms with Crippen LogP contribution in [0.25, 0.3) is 0 Å². The first-order valence-electron chi connectivity index (χ1n) is 9.82. The lowest BCUT2D eigenvalue weighted by Crippen LogP contribution is -2.50. The fraction of sp³-hybridized carbons (Fsp3) is 0.450. The maximum Gasteiger partial charge on any atom is 0.321 e. The van der Waals surface area contributed by atoms with Crippen molar-refractivity contribution in [3.8, 4) is 0 Å². The topological polar surface area (TPSA) is 64.6 Å². The second-order valence-corrected chi connectivity index (χ2v) is 7.20. The molecule has 0 unspecified atom stereocenters. The van der Waals surface area contributed by atoms with E-state index >= 15 is 0 Å². The Morgan fingerprint density at radius 2 is 1.57 bits per heavy atom. The summed E-state index contributed by atoms with van der Waals surface area (Å²) < 4.78 is 13.3. The lowest BCUT2D eigenvalue weighted by molar-refractivity contribution is 0.208. The molecule has 28 heavy (non-hydrogen) atoms. The predicted octanol–water partition coefficient (Wildman–Crippen LogP) is 2.96. The van der Waals surface area contributed by atoms with Crippen LogP contribution in [0.5, 0.6) is 0 Å². The zero-order chi connectivity index (χ0) is 19.3. The van der Waals surface area contributed by atoms with Crippen molar-refractivity contribution in [1.29, 1.82) is 0 Å². The third-order valence-corrected chi connectivity index (χ3v) is 5.29. The van der Waals surface area contributed by atoms with Crippen LogP contribution in [0.1, 0.15) is 19.3 Å². The van der Waals surface area contributed by atoms with Gasteiger partial charge in [0.2, 0.25) is 0 Å². The molecule has 1 aromatic heterocycles. The molecule has 0 saturated carbocycles. The van der Waals surface area contributed by atoms with Gasteiger partial charge in [-0.25, -0.2) is 19.2 Å². The van der Waals surface area contributed by atoms with Gasteiger partial charge in [-0.1, -0.05) is 6.07 Å². The molecule has 7 nitrogen and oxygen atoms in total. The number of amides is 2. The molecule has 0 atom stereocenters. The first-order chi connectivity index (χ1) is 13.7. The van der Waals surface area contributed by atoms with Crippen LogP contribution < -0.4 is 15.1 Å². The number of halogens is 1. The smallest absolute Gasteiger partial charge is 0.321 e. The standard InChI is InChI=1S/C20H25FN6O/c21-16-5-4-6-17(13-16)24-20(28)27-11-9-26(10-12-27)19-14-18(22-15-23-19)25-7-2-1-3-8-25/h4-6,13-15H,1-3,7-12H2,(H,24,28). The van der Waals surface area contributed by atoms with E-state index in [1.54, 1.807) is 23.4 Å². The minimum atomic E-state index is -0.365. The van der Waals surface area contributed by atoms with Crippen molar-refractivity contribution in [3.63, 3.8) is 0 Å². The van der Waals surface area contributed by atoms with Crippen LogP contribution in [0.4, 0.5) is 26.5 Å². The van der Waals surface area contributed by atoms with Crippen LogP contribution in [0.15, 0.2) is 36.7 Å². The predicted molar refractivity (Wildman–Crippen MR) is 107 cm³/mol. The van der Waals surface area contributed by atoms with Gasteiger partial charge in [0.1, 0.15) is 23.8 Å². The number of urea groups is 1. The van der Waals surface area contributed by atoms with E-state index in [4.69, 9.17) is 0 Å². The first-order valence-corrected chi connectivity index (χ1v) is 9.82. The molecule has 148 valence electrons. The van der Waals surface area contributed by atoms with Crippen LogP contribution >= 0.6 is 0 Å². The number of hydrogen-bond donors (Lipinski definition) is 1. The van der Waals surface area contributed by atoms with E-state index in [-0.39, 0.29) is 11.8 Å². The number of carbonyl (C=O) groups excluding carboxylic acids is 1. The number of nitrogens with one attached hydrogen (secondary N) is 1. The Kier molecular flexibility index (Phi) is 5.55. The van der Waals surface area contributed by atoms with Gasteiger partial charge in [-0.3, -0.25) is 0 Å². The zero-order valence-corrected chi connectivity index (χ0v) is 15.9. The Hall–Kier alpha value is -2.90. The summed E-state index contributed by atoms with van der Waals surface area (Å²) in [4.78, 5) is 27.5. The zero-order valence-electron chi connectivity index (χ0n) is 15.9. The van der Waals surface area contributed by atoms with Crippen molar-refractivity contribution < 1.29 is 9.18 Å². The number of nitrogens with zero attached hydrogens (tertiary/aromatic N) is 5. The molecule has 2 aliphatic heterocycles. The van der Waals surface area contributed by atoms with Crippen molar-refractivity contribution >= 4 is 23.4 Å². The average molecular weight is 384 g/mol. The minimum absolute atomic E-state index is 0.207. The third-order valence-electron chi connectivity index (χ3n) is 5.29. The van der Waals surface area contributed by atoms with Crippen LogP contribution in [-0.4, -0.2) is 60.2 Å². The summed E-state index contributed by atoms with van der Waals surface area (Å²) in [6, 6.07) is 7.78. The molecular formula is C20H25FN6O. The molecule has 0 aliphatic carbocycles. The molecule has 1 N–H and O–H groups in total. The summed E-state index contributed by atoms with van der Waals surface area (Å²) in [5.41, 5.74) is 0.467. The highest BCUT2D eigenvalue weighted by molar-refractivity contribution is 5.89. The molecule has 4 rings (SSSR count). The van der Waals surface area contributed by atoms with Gasteiger partial charge in [0.15, 0.2) is 0 Å². The summed E-state index contributed by atoms with van der Waals surface area (Å²) in [6.07, 6.45) is 5.33. The maximum absolute atomic E-state index is 13.3. The van der Waals surface area contributed by atoms with Crippen LogP contribution in [0.3, 0.4) is 0 Å². The second-order valence-electron chi connectivity index (χ2n) is 7.20. The largest absolute Gasteiger partial charge is 0.356 e. The molecule has 3 heterocycles. The fourth-order valence-electron chi connectivity index (χ4n) is 3.71. The summed E-state index contributed by atoms with van der Waals surface area (Å²) >= 11 is 0. The van der Waals surface area contributed by atoms with Crippen molar-refractivity contribution in [2.24, 2.45) is 0 Å². The number of rotatable bonds is 3. The van der Waals surface area contributed by atoms with Crippen molar-refractivity contribution in [3.05, 3.63) is 42.5 Å². The van der Waals surface area contributed by atoms with Crippen molar-refractivity contribution in [2.45, 2.75) is 19.3 Å². The van der Waals surface area contributed by atoms with E-state index in [0.29, 0.717) is 31.9 Å². The molecule has 2 saturated heterocycles. The molecule has 2 aliphatic rings. The van der Waals surface area contributed by atoms with Crippen molar-refractivity contribution in [1.82, 2.24) is 14.9 Å². The van der Waals surface area contributed by atoms with E-state index in [2.05, 4.69) is 25.1 Å². The monoisotopic (exact) mass is 384 g/mol. The van der Waals surface area contributed by atoms with Gasteiger partial charge in [-0.2, -0.15) is 0 Å². The molecule has 1 aromatic carbocycles. The summed E-state index contributed by atoms with van der Waals surface area (Å²) in [6.45, 7) is 4.67. The van der Waals surface area contributed by atoms with Gasteiger partial charge in [-0.05, 0) is 37.5 Å². The number of piperidine rings is 1. The fourth-order valence-corrected chi connectivity index (χ4v) is 3.71. The van der Waals surface area contributed by atoms with E-state index in [1.807, 2.05) is 6.07 Å². The molecule has 2 aromatic rings. The molecular weight excluding hydrogens is 359 g/mol. The quantitative estimate of drug-likeness (QED) is 0.881. The van der Waals surface area contributed by atoms with Crippen LogP contribution in [0.2, 0.25) is 0 Å². The van der Waals surface area contributed by atoms with Gasteiger partial charge < -0.3 is 20.0 Å². The molecule has 0 spiro atoms. The molecule has 2 amide bonds. The van der Waals surface area contributed by atoms with Gasteiger partial charge in [0.05, 0.1) is 0 Å². The van der Waals surface area contributed by atoms with E-state index < -0.39 is 0 Å². The number of piperazine rings is 1. The Morgan fingerprint density at radius 1 is 0.893 bits per heavy atom. The van der Waals surface area contributed by atoms with Crippen molar-refractivity contribution in [2.75, 3.05) is 54.4 Å². The molecule has 0 bridgehead atoms. The molecule has 2 fully saturated rings. The van der Waals surface area contributed by atoms with E-state index in [1.165, 1.54) is 31.4 Å². The normalized spacial score (nSPS) is 17.5. The van der Waals surface area contributed by atoms with Gasteiger partial charge >= 0.3 is 6.03 Å². The lowest BCUT2D eigenvalue weighted by Gasteiger charge is -2.36. The molecule has 0 radical (unpaired) electrons. The van der Waals surface area contributed by atoms with Crippen LogP contribution in [0, 0.1) is 5.82 Å². The second kappa shape index (κ2) is 8.41. The van der Waals surface area contributed by atoms with E-state index in [0.717, 1.165) is 24.7 Å². The maximum atomic E-state index is 13.3. The number of benzene rings is 1. The Bertz CT molecular complexity index is 818. The summed E-state index contributed by atoms with van der Waals surface area (Å²) in [7, 11) is 0. The Morgan fingerprint density at radius 3 is 2.25 bits per heavy atom. The van der Waals surface area contributed by atoms with Gasteiger partial charge in [0, 0.05) is 51.0 Å². The number of aromatic nitrogens is 2. The first kappa shape index (κ1) is 18.5. The number of hydrogen-bond acceptors (Lipinski definition) is 5. The van der Waals surface area contributed by atoms with Crippen LogP contribution in [-0.2, 0) is 0 Å². The third kappa shape index (κ3) is 4.32. The minimum Gasteiger partial charge on any atom is -0.356 e. The Balaban J connectivity index is 1.34. The average Bonchev–Trinajstić information content (AvgIpc) is 2.75. The van der Waals surface area contributed by atoms with Gasteiger partial charge in [-0.15, -0.1) is 0 Å². The number of carbonyl (C=O) groups is 1. The van der Waals surface area contributed by atoms with E-state index in [9.17, 15) is 9.18 Å². The van der Waals surface area contributed by atoms with Gasteiger partial charge in [0.25, 0.3) is 0 Å². The summed E-state index contributed by atoms with van der Waals surface area (Å²) in [5, 5.41) is 2.76.